The van der Waals surface area contributed by atoms with Crippen LogP contribution >= 0.6 is 0 Å². The number of urea groups is 1. The van der Waals surface area contributed by atoms with E-state index in [1.165, 1.54) is 4.90 Å². The zero-order valence-corrected chi connectivity index (χ0v) is 18.0. The van der Waals surface area contributed by atoms with Gasteiger partial charge in [-0.15, -0.1) is 0 Å². The van der Waals surface area contributed by atoms with Crippen molar-refractivity contribution in [1.82, 2.24) is 15.1 Å². The molecule has 1 atom stereocenters. The van der Waals surface area contributed by atoms with Crippen LogP contribution in [-0.4, -0.2) is 48.3 Å². The first kappa shape index (κ1) is 21.4. The van der Waals surface area contributed by atoms with Gasteiger partial charge < -0.3 is 15.0 Å². The summed E-state index contributed by atoms with van der Waals surface area (Å²) < 4.78 is 5.14. The second-order valence-corrected chi connectivity index (χ2v) is 7.85. The molecule has 7 heteroatoms. The average molecular weight is 409 g/mol. The van der Waals surface area contributed by atoms with E-state index in [9.17, 15) is 14.4 Å². The fourth-order valence-corrected chi connectivity index (χ4v) is 3.58. The molecule has 1 heterocycles. The Labute approximate surface area is 176 Å². The molecule has 2 aromatic carbocycles. The minimum atomic E-state index is -1.23. The number of benzene rings is 2. The number of rotatable bonds is 6. The van der Waals surface area contributed by atoms with Crippen molar-refractivity contribution >= 4 is 17.8 Å². The Balaban J connectivity index is 1.71. The number of nitrogens with zero attached hydrogens (tertiary/aromatic N) is 2. The number of amides is 4. The number of hydrogen-bond donors (Lipinski definition) is 1. The molecule has 0 unspecified atom stereocenters. The lowest BCUT2D eigenvalue weighted by Crippen LogP contribution is -2.43. The number of methoxy groups -OCH3 is 1. The summed E-state index contributed by atoms with van der Waals surface area (Å²) >= 11 is 0. The fourth-order valence-electron chi connectivity index (χ4n) is 3.58. The number of likely N-dealkylation sites (N-methyl/N-ethyl adjacent to an activating group) is 1. The van der Waals surface area contributed by atoms with Crippen molar-refractivity contribution in [3.05, 3.63) is 64.7 Å². The Morgan fingerprint density at radius 2 is 1.80 bits per heavy atom. The molecule has 0 aliphatic carbocycles. The van der Waals surface area contributed by atoms with Crippen molar-refractivity contribution in [2.75, 3.05) is 20.7 Å². The van der Waals surface area contributed by atoms with Gasteiger partial charge in [-0.3, -0.25) is 14.5 Å². The number of ether oxygens (including phenoxy) is 1. The molecule has 1 saturated heterocycles. The molecular weight excluding hydrogens is 382 g/mol. The minimum absolute atomic E-state index is 0.308. The topological polar surface area (TPSA) is 79.0 Å². The van der Waals surface area contributed by atoms with Crippen molar-refractivity contribution in [1.29, 1.82) is 0 Å². The standard InChI is InChI=1S/C23H27N3O4/c1-15-6-7-17(16(2)12-15)13-25(4)20(27)14-26-21(28)23(3,24-22(26)29)18-8-10-19(30-5)11-9-18/h6-12H,13-14H2,1-5H3,(H,24,29)/t23-/m0/s1. The Morgan fingerprint density at radius 1 is 1.13 bits per heavy atom. The van der Waals surface area contributed by atoms with Crippen molar-refractivity contribution in [2.45, 2.75) is 32.9 Å². The first-order chi connectivity index (χ1) is 14.2. The molecule has 0 aromatic heterocycles. The highest BCUT2D eigenvalue weighted by Gasteiger charge is 2.49. The van der Waals surface area contributed by atoms with Crippen LogP contribution in [0.15, 0.2) is 42.5 Å². The smallest absolute Gasteiger partial charge is 0.325 e. The van der Waals surface area contributed by atoms with E-state index in [0.717, 1.165) is 21.6 Å². The Morgan fingerprint density at radius 3 is 2.40 bits per heavy atom. The quantitative estimate of drug-likeness (QED) is 0.744. The molecule has 0 saturated carbocycles. The number of hydrogen-bond acceptors (Lipinski definition) is 4. The second-order valence-electron chi connectivity index (χ2n) is 7.85. The van der Waals surface area contributed by atoms with E-state index >= 15 is 0 Å². The van der Waals surface area contributed by atoms with Crippen LogP contribution in [0.3, 0.4) is 0 Å². The van der Waals surface area contributed by atoms with E-state index in [1.807, 2.05) is 26.0 Å². The normalized spacial score (nSPS) is 18.4. The van der Waals surface area contributed by atoms with Gasteiger partial charge in [-0.05, 0) is 49.6 Å². The summed E-state index contributed by atoms with van der Waals surface area (Å²) in [5.41, 5.74) is 2.67. The van der Waals surface area contributed by atoms with Gasteiger partial charge >= 0.3 is 6.03 Å². The second kappa shape index (κ2) is 8.18. The van der Waals surface area contributed by atoms with Gasteiger partial charge in [0.05, 0.1) is 7.11 Å². The summed E-state index contributed by atoms with van der Waals surface area (Å²) in [6.45, 7) is 5.75. The van der Waals surface area contributed by atoms with Crippen LogP contribution in [0, 0.1) is 13.8 Å². The van der Waals surface area contributed by atoms with Crippen LogP contribution in [0.4, 0.5) is 4.79 Å². The van der Waals surface area contributed by atoms with E-state index in [4.69, 9.17) is 4.74 Å². The first-order valence-corrected chi connectivity index (χ1v) is 9.74. The Bertz CT molecular complexity index is 986. The van der Waals surface area contributed by atoms with Crippen molar-refractivity contribution in [3.63, 3.8) is 0 Å². The third-order valence-electron chi connectivity index (χ3n) is 5.57. The van der Waals surface area contributed by atoms with Crippen LogP contribution in [-0.2, 0) is 21.7 Å². The lowest BCUT2D eigenvalue weighted by atomic mass is 9.92. The molecule has 1 aliphatic rings. The predicted molar refractivity (Wildman–Crippen MR) is 113 cm³/mol. The molecule has 4 amide bonds. The number of nitrogens with one attached hydrogen (secondary N) is 1. The fraction of sp³-hybridized carbons (Fsp3) is 0.348. The van der Waals surface area contributed by atoms with Crippen LogP contribution in [0.5, 0.6) is 5.75 Å². The van der Waals surface area contributed by atoms with E-state index in [2.05, 4.69) is 11.4 Å². The molecule has 158 valence electrons. The highest BCUT2D eigenvalue weighted by atomic mass is 16.5. The molecule has 3 rings (SSSR count). The third-order valence-corrected chi connectivity index (χ3v) is 5.57. The zero-order chi connectivity index (χ0) is 22.1. The van der Waals surface area contributed by atoms with Gasteiger partial charge in [-0.2, -0.15) is 0 Å². The monoisotopic (exact) mass is 409 g/mol. The van der Waals surface area contributed by atoms with Gasteiger partial charge in [0.25, 0.3) is 5.91 Å². The summed E-state index contributed by atoms with van der Waals surface area (Å²) in [5, 5.41) is 2.72. The van der Waals surface area contributed by atoms with Gasteiger partial charge in [0.1, 0.15) is 17.8 Å². The number of imide groups is 1. The van der Waals surface area contributed by atoms with Gasteiger partial charge in [-0.25, -0.2) is 4.79 Å². The Hall–Kier alpha value is -3.35. The maximum Gasteiger partial charge on any atom is 0.325 e. The number of carbonyl (C=O) groups excluding carboxylic acids is 3. The van der Waals surface area contributed by atoms with Crippen LogP contribution in [0.25, 0.3) is 0 Å². The summed E-state index contributed by atoms with van der Waals surface area (Å²) in [6.07, 6.45) is 0. The maximum atomic E-state index is 13.0. The molecule has 0 radical (unpaired) electrons. The van der Waals surface area contributed by atoms with Gasteiger partial charge in [0.15, 0.2) is 0 Å². The van der Waals surface area contributed by atoms with E-state index in [-0.39, 0.29) is 12.5 Å². The van der Waals surface area contributed by atoms with Crippen LogP contribution in [0.2, 0.25) is 0 Å². The summed E-state index contributed by atoms with van der Waals surface area (Å²) in [6, 6.07) is 12.4. The molecule has 0 bridgehead atoms. The maximum absolute atomic E-state index is 13.0. The lowest BCUT2D eigenvalue weighted by molar-refractivity contribution is -0.138. The van der Waals surface area contributed by atoms with E-state index in [1.54, 1.807) is 45.3 Å². The third kappa shape index (κ3) is 4.01. The Kier molecular flexibility index (Phi) is 5.82. The molecular formula is C23H27N3O4. The number of carbonyl (C=O) groups is 3. The molecule has 2 aromatic rings. The molecule has 1 N–H and O–H groups in total. The molecule has 7 nitrogen and oxygen atoms in total. The summed E-state index contributed by atoms with van der Waals surface area (Å²) in [7, 11) is 3.23. The molecule has 0 spiro atoms. The van der Waals surface area contributed by atoms with Crippen molar-refractivity contribution in [2.24, 2.45) is 0 Å². The predicted octanol–water partition coefficient (Wildman–Crippen LogP) is 2.74. The van der Waals surface area contributed by atoms with Gasteiger partial charge in [-0.1, -0.05) is 35.9 Å². The van der Waals surface area contributed by atoms with Crippen molar-refractivity contribution < 1.29 is 19.1 Å². The average Bonchev–Trinajstić information content (AvgIpc) is 2.94. The van der Waals surface area contributed by atoms with Gasteiger partial charge in [0, 0.05) is 13.6 Å². The SMILES string of the molecule is COc1ccc([C@]2(C)NC(=O)N(CC(=O)N(C)Cc3ccc(C)cc3C)C2=O)cc1. The van der Waals surface area contributed by atoms with Crippen LogP contribution in [0.1, 0.15) is 29.2 Å². The lowest BCUT2D eigenvalue weighted by Gasteiger charge is -2.24. The highest BCUT2D eigenvalue weighted by Crippen LogP contribution is 2.30. The number of aryl methyl sites for hydroxylation is 2. The van der Waals surface area contributed by atoms with Crippen molar-refractivity contribution in [3.8, 4) is 5.75 Å². The first-order valence-electron chi connectivity index (χ1n) is 9.74. The van der Waals surface area contributed by atoms with E-state index < -0.39 is 17.5 Å². The van der Waals surface area contributed by atoms with E-state index in [0.29, 0.717) is 17.9 Å². The molecule has 30 heavy (non-hydrogen) atoms. The molecule has 1 aliphatic heterocycles. The molecule has 1 fully saturated rings. The van der Waals surface area contributed by atoms with Crippen LogP contribution < -0.4 is 10.1 Å². The summed E-state index contributed by atoms with van der Waals surface area (Å²) in [4.78, 5) is 40.8. The summed E-state index contributed by atoms with van der Waals surface area (Å²) in [5.74, 6) is -0.109. The van der Waals surface area contributed by atoms with Gasteiger partial charge in [0.2, 0.25) is 5.91 Å². The minimum Gasteiger partial charge on any atom is -0.497 e. The largest absolute Gasteiger partial charge is 0.497 e. The highest BCUT2D eigenvalue weighted by molar-refractivity contribution is 6.09. The zero-order valence-electron chi connectivity index (χ0n) is 18.0.